The molecule has 3 rings (SSSR count). The average molecular weight is 703 g/mol. The standard InChI is InChI=1S/C32H37F3O10S2/c1-30(2,3)43-28(36)20-41-22-12-16-24(17-13-22)46(45-47(38,39)32(33,34)35,27-11-9-8-10-26(27)40-7)25-18-14-23(15-19-25)42-21-29(37)44-31(4,5)6/h8-19H,20-21H2,1-7H3. The second-order valence-electron chi connectivity index (χ2n) is 11.9. The largest absolute Gasteiger partial charge is 0.524 e. The van der Waals surface area contributed by atoms with Crippen molar-refractivity contribution in [2.75, 3.05) is 20.3 Å². The topological polar surface area (TPSA) is 124 Å². The van der Waals surface area contributed by atoms with E-state index < -0.39 is 62.3 Å². The first kappa shape index (κ1) is 37.5. The van der Waals surface area contributed by atoms with E-state index in [1.54, 1.807) is 47.6 Å². The van der Waals surface area contributed by atoms with Crippen LogP contribution in [0.15, 0.2) is 87.5 Å². The van der Waals surface area contributed by atoms with E-state index in [1.807, 2.05) is 0 Å². The molecule has 15 heteroatoms. The Kier molecular flexibility index (Phi) is 11.5. The third-order valence-electron chi connectivity index (χ3n) is 5.72. The molecule has 0 saturated heterocycles. The number of carbonyl (C=O) groups is 2. The zero-order valence-electron chi connectivity index (χ0n) is 26.9. The number of esters is 2. The summed E-state index contributed by atoms with van der Waals surface area (Å²) in [6, 6.07) is 16.7. The number of hydrogen-bond acceptors (Lipinski definition) is 10. The van der Waals surface area contributed by atoms with Gasteiger partial charge in [0.1, 0.15) is 28.5 Å². The minimum Gasteiger partial charge on any atom is -0.496 e. The number of hydrogen-bond donors (Lipinski definition) is 0. The van der Waals surface area contributed by atoms with Crippen LogP contribution in [-0.4, -0.2) is 57.4 Å². The van der Waals surface area contributed by atoms with Crippen molar-refractivity contribution in [1.82, 2.24) is 0 Å². The summed E-state index contributed by atoms with van der Waals surface area (Å²) in [5.41, 5.74) is -7.28. The van der Waals surface area contributed by atoms with Crippen molar-refractivity contribution in [3.8, 4) is 17.2 Å². The summed E-state index contributed by atoms with van der Waals surface area (Å²) in [5, 5.41) is 0. The molecular formula is C32H37F3O10S2. The molecule has 0 radical (unpaired) electrons. The van der Waals surface area contributed by atoms with Crippen LogP contribution in [0.4, 0.5) is 13.2 Å². The maximum Gasteiger partial charge on any atom is 0.524 e. The number of alkyl halides is 3. The highest BCUT2D eigenvalue weighted by Gasteiger charge is 2.53. The minimum absolute atomic E-state index is 0.000159. The lowest BCUT2D eigenvalue weighted by atomic mass is 10.2. The average Bonchev–Trinajstić information content (AvgIpc) is 2.96. The summed E-state index contributed by atoms with van der Waals surface area (Å²) in [6.07, 6.45) is 0. The predicted molar refractivity (Wildman–Crippen MR) is 167 cm³/mol. The summed E-state index contributed by atoms with van der Waals surface area (Å²) in [7, 11) is -8.73. The first-order valence-electron chi connectivity index (χ1n) is 14.1. The van der Waals surface area contributed by atoms with Crippen molar-refractivity contribution >= 4 is 32.4 Å². The highest BCUT2D eigenvalue weighted by atomic mass is 32.3. The Morgan fingerprint density at radius 3 is 1.43 bits per heavy atom. The van der Waals surface area contributed by atoms with E-state index in [2.05, 4.69) is 0 Å². The van der Waals surface area contributed by atoms with E-state index in [9.17, 15) is 31.2 Å². The molecule has 47 heavy (non-hydrogen) atoms. The van der Waals surface area contributed by atoms with Gasteiger partial charge >= 0.3 is 27.6 Å². The first-order chi connectivity index (χ1) is 21.7. The maximum absolute atomic E-state index is 14.0. The Bertz CT molecular complexity index is 1570. The molecule has 0 N–H and O–H groups in total. The van der Waals surface area contributed by atoms with E-state index in [0.29, 0.717) is 0 Å². The molecule has 0 unspecified atom stereocenters. The van der Waals surface area contributed by atoms with Crippen LogP contribution in [0.3, 0.4) is 0 Å². The molecule has 0 heterocycles. The number of ether oxygens (including phenoxy) is 5. The summed E-state index contributed by atoms with van der Waals surface area (Å²) < 4.78 is 99.6. The second kappa shape index (κ2) is 14.4. The van der Waals surface area contributed by atoms with Crippen LogP contribution in [0.2, 0.25) is 0 Å². The normalized spacial score (nSPS) is 13.0. The molecule has 258 valence electrons. The lowest BCUT2D eigenvalue weighted by molar-refractivity contribution is -0.158. The zero-order valence-corrected chi connectivity index (χ0v) is 28.5. The highest BCUT2D eigenvalue weighted by molar-refractivity contribution is 8.33. The van der Waals surface area contributed by atoms with Crippen LogP contribution in [0, 0.1) is 0 Å². The molecule has 0 spiro atoms. The van der Waals surface area contributed by atoms with E-state index in [-0.39, 0.29) is 31.9 Å². The van der Waals surface area contributed by atoms with Gasteiger partial charge < -0.3 is 23.7 Å². The lowest BCUT2D eigenvalue weighted by Gasteiger charge is -2.40. The van der Waals surface area contributed by atoms with E-state index in [0.717, 1.165) is 0 Å². The first-order valence-corrected chi connectivity index (χ1v) is 17.0. The van der Waals surface area contributed by atoms with Crippen LogP contribution in [0.1, 0.15) is 41.5 Å². The quantitative estimate of drug-likeness (QED) is 0.141. The smallest absolute Gasteiger partial charge is 0.496 e. The molecule has 0 fully saturated rings. The van der Waals surface area contributed by atoms with Gasteiger partial charge in [-0.15, -0.1) is 0 Å². The van der Waals surface area contributed by atoms with Gasteiger partial charge in [0.05, 0.1) is 12.0 Å². The van der Waals surface area contributed by atoms with Crippen LogP contribution < -0.4 is 14.2 Å². The molecule has 0 atom stereocenters. The van der Waals surface area contributed by atoms with Gasteiger partial charge in [-0.05, 0) is 113 Å². The Hall–Kier alpha value is -3.95. The summed E-state index contributed by atoms with van der Waals surface area (Å²) in [4.78, 5) is 24.3. The van der Waals surface area contributed by atoms with Crippen LogP contribution in [0.5, 0.6) is 17.2 Å². The minimum atomic E-state index is -6.23. The maximum atomic E-state index is 14.0. The number of rotatable bonds is 12. The molecule has 3 aromatic rings. The summed E-state index contributed by atoms with van der Waals surface area (Å²) in [6.45, 7) is 9.23. The van der Waals surface area contributed by atoms with Gasteiger partial charge in [-0.2, -0.15) is 25.2 Å². The fourth-order valence-electron chi connectivity index (χ4n) is 4.02. The summed E-state index contributed by atoms with van der Waals surface area (Å²) >= 11 is 0. The third kappa shape index (κ3) is 10.0. The van der Waals surface area contributed by atoms with Gasteiger partial charge in [-0.3, -0.25) is 0 Å². The Morgan fingerprint density at radius 1 is 0.660 bits per heavy atom. The number of methoxy groups -OCH3 is 1. The SMILES string of the molecule is COc1ccccc1S(OS(=O)(=O)C(F)(F)F)(c1ccc(OCC(=O)OC(C)(C)C)cc1)c1ccc(OCC(=O)OC(C)(C)C)cc1. The number of benzene rings is 3. The fourth-order valence-corrected chi connectivity index (χ4v) is 8.84. The molecule has 0 saturated carbocycles. The van der Waals surface area contributed by atoms with E-state index in [1.165, 1.54) is 73.8 Å². The summed E-state index contributed by atoms with van der Waals surface area (Å²) in [5.74, 6) is -0.946. The molecule has 0 bridgehead atoms. The molecule has 0 amide bonds. The van der Waals surface area contributed by atoms with Crippen LogP contribution in [-0.2, 0) is 32.8 Å². The second-order valence-corrected chi connectivity index (χ2v) is 16.3. The monoisotopic (exact) mass is 702 g/mol. The molecule has 3 aromatic carbocycles. The van der Waals surface area contributed by atoms with Crippen molar-refractivity contribution in [2.45, 2.75) is 72.9 Å². The van der Waals surface area contributed by atoms with Gasteiger partial charge in [0.25, 0.3) is 0 Å². The fraction of sp³-hybridized carbons (Fsp3) is 0.375. The van der Waals surface area contributed by atoms with Gasteiger partial charge in [-0.1, -0.05) is 12.1 Å². The van der Waals surface area contributed by atoms with E-state index >= 15 is 0 Å². The van der Waals surface area contributed by atoms with Gasteiger partial charge in [-0.25, -0.2) is 9.59 Å². The van der Waals surface area contributed by atoms with Gasteiger partial charge in [0.2, 0.25) is 0 Å². The molecule has 0 aliphatic heterocycles. The van der Waals surface area contributed by atoms with Crippen LogP contribution in [0.25, 0.3) is 0 Å². The molecule has 0 aromatic heterocycles. The number of para-hydroxylation sites is 1. The van der Waals surface area contributed by atoms with Gasteiger partial charge in [0.15, 0.2) is 13.2 Å². The van der Waals surface area contributed by atoms with Crippen LogP contribution >= 0.6 is 10.3 Å². The molecular weight excluding hydrogens is 665 g/mol. The van der Waals surface area contributed by atoms with Crippen molar-refractivity contribution < 1.29 is 58.5 Å². The Balaban J connectivity index is 2.15. The molecule has 0 aliphatic carbocycles. The third-order valence-corrected chi connectivity index (χ3v) is 10.6. The van der Waals surface area contributed by atoms with Crippen molar-refractivity contribution in [2.24, 2.45) is 0 Å². The van der Waals surface area contributed by atoms with E-state index in [4.69, 9.17) is 27.3 Å². The molecule has 10 nitrogen and oxygen atoms in total. The van der Waals surface area contributed by atoms with Gasteiger partial charge in [0, 0.05) is 9.79 Å². The highest BCUT2D eigenvalue weighted by Crippen LogP contribution is 2.72. The number of halogens is 3. The van der Waals surface area contributed by atoms with Crippen molar-refractivity contribution in [1.29, 1.82) is 0 Å². The Morgan fingerprint density at radius 2 is 1.06 bits per heavy atom. The van der Waals surface area contributed by atoms with Crippen molar-refractivity contribution in [3.63, 3.8) is 0 Å². The Labute approximate surface area is 273 Å². The molecule has 0 aliphatic rings. The van der Waals surface area contributed by atoms with Crippen molar-refractivity contribution in [3.05, 3.63) is 72.8 Å². The lowest BCUT2D eigenvalue weighted by Crippen LogP contribution is -2.28. The zero-order chi connectivity index (χ0) is 35.3. The number of carbonyl (C=O) groups excluding carboxylic acids is 2. The predicted octanol–water partition coefficient (Wildman–Crippen LogP) is 7.20.